The van der Waals surface area contributed by atoms with Crippen LogP contribution >= 0.6 is 11.3 Å². The van der Waals surface area contributed by atoms with Gasteiger partial charge in [0.05, 0.1) is 18.0 Å². The topological polar surface area (TPSA) is 97.0 Å². The van der Waals surface area contributed by atoms with Gasteiger partial charge in [-0.1, -0.05) is 78.9 Å². The Morgan fingerprint density at radius 3 is 2.23 bits per heavy atom. The van der Waals surface area contributed by atoms with Gasteiger partial charge in [-0.05, 0) is 30.7 Å². The summed E-state index contributed by atoms with van der Waals surface area (Å²) in [6, 6.07) is 30.5. The third kappa shape index (κ3) is 5.60. The van der Waals surface area contributed by atoms with Gasteiger partial charge in [-0.2, -0.15) is 10.4 Å². The van der Waals surface area contributed by atoms with Crippen molar-refractivity contribution in [3.05, 3.63) is 119 Å². The molecule has 0 aliphatic heterocycles. The summed E-state index contributed by atoms with van der Waals surface area (Å²) in [6.45, 7) is 1.91. The number of carbonyl (C=O) groups is 2. The zero-order chi connectivity index (χ0) is 27.9. The highest BCUT2D eigenvalue weighted by atomic mass is 32.1. The predicted molar refractivity (Wildman–Crippen MR) is 157 cm³/mol. The van der Waals surface area contributed by atoms with E-state index in [2.05, 4.69) is 5.32 Å². The van der Waals surface area contributed by atoms with Gasteiger partial charge in [-0.25, -0.2) is 9.48 Å². The summed E-state index contributed by atoms with van der Waals surface area (Å²) < 4.78 is 7.00. The van der Waals surface area contributed by atoms with Gasteiger partial charge in [0.2, 0.25) is 0 Å². The predicted octanol–water partition coefficient (Wildman–Crippen LogP) is 6.99. The number of amides is 1. The minimum atomic E-state index is -0.638. The van der Waals surface area contributed by atoms with E-state index in [1.54, 1.807) is 23.2 Å². The Bertz CT molecular complexity index is 1720. The Labute approximate surface area is 235 Å². The molecule has 1 N–H and O–H groups in total. The maximum atomic E-state index is 13.4. The highest BCUT2D eigenvalue weighted by Crippen LogP contribution is 2.36. The van der Waals surface area contributed by atoms with Crippen LogP contribution < -0.4 is 5.32 Å². The van der Waals surface area contributed by atoms with E-state index in [9.17, 15) is 14.9 Å². The number of nitrogens with zero attached hydrogens (tertiary/aromatic N) is 3. The molecule has 5 aromatic rings. The summed E-state index contributed by atoms with van der Waals surface area (Å²) in [7, 11) is 0. The van der Waals surface area contributed by atoms with E-state index in [-0.39, 0.29) is 17.7 Å². The fraction of sp³-hybridized carbons (Fsp3) is 0.0625. The molecule has 0 saturated heterocycles. The van der Waals surface area contributed by atoms with Crippen LogP contribution in [0.3, 0.4) is 0 Å². The average Bonchev–Trinajstić information content (AvgIpc) is 3.62. The van der Waals surface area contributed by atoms with Crippen LogP contribution in [0.1, 0.15) is 22.8 Å². The van der Waals surface area contributed by atoms with Crippen molar-refractivity contribution < 1.29 is 14.3 Å². The van der Waals surface area contributed by atoms with Crippen molar-refractivity contribution in [2.75, 3.05) is 11.9 Å². The van der Waals surface area contributed by atoms with Gasteiger partial charge in [-0.15, -0.1) is 11.3 Å². The van der Waals surface area contributed by atoms with Crippen molar-refractivity contribution in [2.45, 2.75) is 6.92 Å². The molecular weight excluding hydrogens is 520 g/mol. The quantitative estimate of drug-likeness (QED) is 0.129. The number of hydrogen-bond acceptors (Lipinski definition) is 6. The second-order valence-corrected chi connectivity index (χ2v) is 9.52. The van der Waals surface area contributed by atoms with Crippen LogP contribution in [0.15, 0.2) is 108 Å². The molecule has 0 bridgehead atoms. The molecule has 40 heavy (non-hydrogen) atoms. The standard InChI is InChI=1S/C32H24N4O3S/c1-2-39-32(38)28-27(22-12-6-3-7-13-22)21-40-31(28)34-30(37)24(19-33)18-25-20-36(26-16-10-5-11-17-26)35-29(25)23-14-8-4-9-15-23/h3-18,20-21H,2H2,1H3,(H,34,37). The number of esters is 1. The summed E-state index contributed by atoms with van der Waals surface area (Å²) in [4.78, 5) is 26.3. The van der Waals surface area contributed by atoms with Crippen LogP contribution in [-0.4, -0.2) is 28.3 Å². The number of aromatic nitrogens is 2. The molecule has 0 saturated carbocycles. The number of nitriles is 1. The first kappa shape index (κ1) is 26.4. The molecule has 8 heteroatoms. The molecule has 5 rings (SSSR count). The molecule has 0 fully saturated rings. The molecule has 0 unspecified atom stereocenters. The monoisotopic (exact) mass is 544 g/mol. The fourth-order valence-corrected chi connectivity index (χ4v) is 5.14. The second-order valence-electron chi connectivity index (χ2n) is 8.64. The normalized spacial score (nSPS) is 11.1. The number of hydrogen-bond donors (Lipinski definition) is 1. The zero-order valence-corrected chi connectivity index (χ0v) is 22.4. The van der Waals surface area contributed by atoms with Crippen molar-refractivity contribution >= 4 is 34.3 Å². The molecule has 2 heterocycles. The highest BCUT2D eigenvalue weighted by Gasteiger charge is 2.24. The lowest BCUT2D eigenvalue weighted by atomic mass is 10.0. The number of para-hydroxylation sites is 1. The number of benzene rings is 3. The van der Waals surface area contributed by atoms with Gasteiger partial charge < -0.3 is 10.1 Å². The summed E-state index contributed by atoms with van der Waals surface area (Å²) in [5.41, 5.74) is 4.50. The Balaban J connectivity index is 1.52. The molecule has 0 atom stereocenters. The Kier molecular flexibility index (Phi) is 7.95. The number of rotatable bonds is 8. The molecule has 1 amide bonds. The van der Waals surface area contributed by atoms with Gasteiger partial charge in [0.1, 0.15) is 22.2 Å². The zero-order valence-electron chi connectivity index (χ0n) is 21.6. The van der Waals surface area contributed by atoms with Crippen LogP contribution in [0, 0.1) is 11.3 Å². The van der Waals surface area contributed by atoms with E-state index in [1.165, 1.54) is 17.4 Å². The average molecular weight is 545 g/mol. The molecular formula is C32H24N4O3S. The summed E-state index contributed by atoms with van der Waals surface area (Å²) >= 11 is 1.20. The molecule has 0 radical (unpaired) electrons. The van der Waals surface area contributed by atoms with Crippen LogP contribution in [0.25, 0.3) is 34.1 Å². The minimum Gasteiger partial charge on any atom is -0.462 e. The lowest BCUT2D eigenvalue weighted by Crippen LogP contribution is -2.16. The largest absolute Gasteiger partial charge is 0.462 e. The van der Waals surface area contributed by atoms with E-state index in [0.717, 1.165) is 16.8 Å². The SMILES string of the molecule is CCOC(=O)c1c(-c2ccccc2)csc1NC(=O)C(C#N)=Cc1cn(-c2ccccc2)nc1-c1ccccc1. The van der Waals surface area contributed by atoms with E-state index >= 15 is 0 Å². The molecule has 2 aromatic heterocycles. The van der Waals surface area contributed by atoms with Crippen molar-refractivity contribution in [1.29, 1.82) is 5.26 Å². The van der Waals surface area contributed by atoms with Crippen molar-refractivity contribution in [2.24, 2.45) is 0 Å². The first-order chi connectivity index (χ1) is 19.6. The molecule has 0 aliphatic rings. The number of nitrogens with one attached hydrogen (secondary N) is 1. The Morgan fingerprint density at radius 1 is 0.975 bits per heavy atom. The van der Waals surface area contributed by atoms with Gasteiger partial charge >= 0.3 is 5.97 Å². The van der Waals surface area contributed by atoms with E-state index in [0.29, 0.717) is 21.8 Å². The molecule has 7 nitrogen and oxygen atoms in total. The third-order valence-corrected chi connectivity index (χ3v) is 6.95. The van der Waals surface area contributed by atoms with Gasteiger partial charge in [0, 0.05) is 28.3 Å². The van der Waals surface area contributed by atoms with Crippen molar-refractivity contribution in [1.82, 2.24) is 9.78 Å². The van der Waals surface area contributed by atoms with Crippen LogP contribution in [0.4, 0.5) is 5.00 Å². The summed E-state index contributed by atoms with van der Waals surface area (Å²) in [5.74, 6) is -1.18. The van der Waals surface area contributed by atoms with Crippen molar-refractivity contribution in [3.8, 4) is 34.1 Å². The number of ether oxygens (including phenoxy) is 1. The first-order valence-electron chi connectivity index (χ1n) is 12.6. The number of carbonyl (C=O) groups excluding carboxylic acids is 2. The van der Waals surface area contributed by atoms with E-state index < -0.39 is 11.9 Å². The Morgan fingerprint density at radius 2 is 1.60 bits per heavy atom. The lowest BCUT2D eigenvalue weighted by molar-refractivity contribution is -0.112. The highest BCUT2D eigenvalue weighted by molar-refractivity contribution is 7.15. The Hall–Kier alpha value is -5.26. The van der Waals surface area contributed by atoms with Crippen LogP contribution in [-0.2, 0) is 9.53 Å². The molecule has 196 valence electrons. The fourth-order valence-electron chi connectivity index (χ4n) is 4.19. The maximum absolute atomic E-state index is 13.4. The lowest BCUT2D eigenvalue weighted by Gasteiger charge is -2.08. The van der Waals surface area contributed by atoms with Crippen LogP contribution in [0.2, 0.25) is 0 Å². The van der Waals surface area contributed by atoms with E-state index in [1.807, 2.05) is 97.1 Å². The molecule has 0 aliphatic carbocycles. The third-order valence-electron chi connectivity index (χ3n) is 6.06. The summed E-state index contributed by atoms with van der Waals surface area (Å²) in [6.07, 6.45) is 3.30. The molecule has 0 spiro atoms. The van der Waals surface area contributed by atoms with Crippen LogP contribution in [0.5, 0.6) is 0 Å². The summed E-state index contributed by atoms with van der Waals surface area (Å²) in [5, 5.41) is 19.6. The van der Waals surface area contributed by atoms with Gasteiger partial charge in [0.15, 0.2) is 0 Å². The van der Waals surface area contributed by atoms with Gasteiger partial charge in [0.25, 0.3) is 5.91 Å². The minimum absolute atomic E-state index is 0.130. The second kappa shape index (κ2) is 12.1. The number of anilines is 1. The van der Waals surface area contributed by atoms with Gasteiger partial charge in [-0.3, -0.25) is 4.79 Å². The maximum Gasteiger partial charge on any atom is 0.341 e. The smallest absolute Gasteiger partial charge is 0.341 e. The van der Waals surface area contributed by atoms with Crippen molar-refractivity contribution in [3.63, 3.8) is 0 Å². The first-order valence-corrected chi connectivity index (χ1v) is 13.4. The van der Waals surface area contributed by atoms with E-state index in [4.69, 9.17) is 9.84 Å². The number of thiophene rings is 1. The molecule has 3 aromatic carbocycles.